The van der Waals surface area contributed by atoms with Crippen LogP contribution in [0, 0.1) is 0 Å². The number of hydrogen-bond acceptors (Lipinski definition) is 6. The zero-order chi connectivity index (χ0) is 20.4. The van der Waals surface area contributed by atoms with Crippen LogP contribution in [-0.2, 0) is 20.6 Å². The second-order valence-electron chi connectivity index (χ2n) is 6.32. The van der Waals surface area contributed by atoms with Gasteiger partial charge < -0.3 is 19.4 Å². The molecule has 0 saturated carbocycles. The maximum absolute atomic E-state index is 12.4. The molecule has 2 heterocycles. The van der Waals surface area contributed by atoms with Gasteiger partial charge in [0.15, 0.2) is 22.7 Å². The molecule has 9 nitrogen and oxygen atoms in total. The molecule has 9 heteroatoms. The van der Waals surface area contributed by atoms with Crippen LogP contribution in [0.1, 0.15) is 5.56 Å². The number of fused-ring (bicyclic) bond motifs is 1. The van der Waals surface area contributed by atoms with E-state index < -0.39 is 11.2 Å². The number of imidazole rings is 1. The number of nitrogens with one attached hydrogen (secondary N) is 1. The maximum Gasteiger partial charge on any atom is 0.332 e. The highest BCUT2D eigenvalue weighted by atomic mass is 16.5. The van der Waals surface area contributed by atoms with Gasteiger partial charge >= 0.3 is 5.69 Å². The summed E-state index contributed by atoms with van der Waals surface area (Å²) in [7, 11) is 6.19. The summed E-state index contributed by atoms with van der Waals surface area (Å²) in [5.74, 6) is 1.74. The van der Waals surface area contributed by atoms with Crippen LogP contribution in [-0.4, -0.2) is 39.9 Å². The van der Waals surface area contributed by atoms with Crippen LogP contribution in [0.15, 0.2) is 40.4 Å². The van der Waals surface area contributed by atoms with Crippen molar-refractivity contribution in [2.75, 3.05) is 25.7 Å². The Morgan fingerprint density at radius 2 is 1.89 bits per heavy atom. The molecule has 148 valence electrons. The molecule has 0 aliphatic carbocycles. The summed E-state index contributed by atoms with van der Waals surface area (Å²) in [6.07, 6.45) is 1.74. The fourth-order valence-electron chi connectivity index (χ4n) is 3.04. The number of ether oxygens (including phenoxy) is 2. The molecule has 0 spiro atoms. The van der Waals surface area contributed by atoms with Crippen molar-refractivity contribution in [3.63, 3.8) is 0 Å². The summed E-state index contributed by atoms with van der Waals surface area (Å²) in [5, 5.41) is 0. The molecule has 0 amide bonds. The van der Waals surface area contributed by atoms with E-state index in [1.54, 1.807) is 27.3 Å². The van der Waals surface area contributed by atoms with E-state index in [0.717, 1.165) is 10.1 Å². The average Bonchev–Trinajstić information content (AvgIpc) is 3.15. The van der Waals surface area contributed by atoms with Crippen LogP contribution < -0.4 is 25.6 Å². The van der Waals surface area contributed by atoms with Gasteiger partial charge in [-0.1, -0.05) is 12.1 Å². The quantitative estimate of drug-likeness (QED) is 0.614. The van der Waals surface area contributed by atoms with E-state index in [-0.39, 0.29) is 5.52 Å². The van der Waals surface area contributed by atoms with E-state index in [9.17, 15) is 9.59 Å². The largest absolute Gasteiger partial charge is 0.493 e. The molecule has 1 N–H and O–H groups in total. The number of nitrogens with zero attached hydrogens (tertiary/aromatic N) is 4. The molecule has 0 radical (unpaired) electrons. The molecule has 0 bridgehead atoms. The third kappa shape index (κ3) is 3.26. The molecule has 0 aliphatic heterocycles. The highest BCUT2D eigenvalue weighted by molar-refractivity contribution is 5.73. The van der Waals surface area contributed by atoms with E-state index in [4.69, 9.17) is 9.47 Å². The van der Waals surface area contributed by atoms with Gasteiger partial charge in [-0.25, -0.2) is 4.79 Å². The highest BCUT2D eigenvalue weighted by Gasteiger charge is 2.17. The van der Waals surface area contributed by atoms with Crippen molar-refractivity contribution >= 4 is 17.1 Å². The molecule has 28 heavy (non-hydrogen) atoms. The van der Waals surface area contributed by atoms with Gasteiger partial charge in [0.2, 0.25) is 5.95 Å². The lowest BCUT2D eigenvalue weighted by Crippen LogP contribution is -2.36. The van der Waals surface area contributed by atoms with E-state index in [1.807, 2.05) is 23.1 Å². The Morgan fingerprint density at radius 1 is 1.18 bits per heavy atom. The van der Waals surface area contributed by atoms with Gasteiger partial charge in [-0.15, -0.1) is 6.58 Å². The zero-order valence-corrected chi connectivity index (χ0v) is 16.4. The lowest BCUT2D eigenvalue weighted by atomic mass is 10.2. The molecule has 3 rings (SSSR count). The van der Waals surface area contributed by atoms with Crippen molar-refractivity contribution in [2.24, 2.45) is 14.1 Å². The third-order valence-corrected chi connectivity index (χ3v) is 4.55. The minimum atomic E-state index is -0.425. The summed E-state index contributed by atoms with van der Waals surface area (Å²) in [5.41, 5.74) is 0.708. The number of aromatic amines is 1. The predicted octanol–water partition coefficient (Wildman–Crippen LogP) is 1.17. The van der Waals surface area contributed by atoms with Crippen molar-refractivity contribution < 1.29 is 9.47 Å². The molecule has 0 unspecified atom stereocenters. The molecule has 0 saturated heterocycles. The minimum Gasteiger partial charge on any atom is -0.493 e. The topological polar surface area (TPSA) is 94.4 Å². The Balaban J connectivity index is 2.05. The van der Waals surface area contributed by atoms with Gasteiger partial charge in [-0.2, -0.15) is 4.98 Å². The van der Waals surface area contributed by atoms with Gasteiger partial charge in [0, 0.05) is 27.2 Å². The van der Waals surface area contributed by atoms with Crippen molar-refractivity contribution in [2.45, 2.75) is 6.54 Å². The first-order valence-corrected chi connectivity index (χ1v) is 8.63. The lowest BCUT2D eigenvalue weighted by Gasteiger charge is -2.20. The first kappa shape index (κ1) is 19.3. The number of rotatable bonds is 7. The van der Waals surface area contributed by atoms with Gasteiger partial charge in [0.25, 0.3) is 5.56 Å². The SMILES string of the molecule is C=CCN(Cc1ccc(OC)c(OC)c1)c1nc2c([nH]1)c(=O)n(C)c(=O)n2C. The fourth-order valence-corrected chi connectivity index (χ4v) is 3.04. The van der Waals surface area contributed by atoms with Crippen LogP contribution >= 0.6 is 0 Å². The number of aryl methyl sites for hydroxylation is 1. The molecule has 3 aromatic rings. The van der Waals surface area contributed by atoms with E-state index in [2.05, 4.69) is 16.5 Å². The number of H-pyrrole nitrogens is 1. The smallest absolute Gasteiger partial charge is 0.332 e. The molecule has 2 aromatic heterocycles. The number of benzene rings is 1. The molecule has 0 aliphatic rings. The van der Waals surface area contributed by atoms with Gasteiger partial charge in [0.1, 0.15) is 0 Å². The molecular weight excluding hydrogens is 362 g/mol. The third-order valence-electron chi connectivity index (χ3n) is 4.55. The number of hydrogen-bond donors (Lipinski definition) is 1. The van der Waals surface area contributed by atoms with Gasteiger partial charge in [-0.05, 0) is 17.7 Å². The second-order valence-corrected chi connectivity index (χ2v) is 6.32. The van der Waals surface area contributed by atoms with Gasteiger partial charge in [-0.3, -0.25) is 13.9 Å². The Hall–Kier alpha value is -3.49. The Morgan fingerprint density at radius 3 is 2.54 bits per heavy atom. The first-order chi connectivity index (χ1) is 13.4. The zero-order valence-electron chi connectivity index (χ0n) is 16.4. The summed E-state index contributed by atoms with van der Waals surface area (Å²) < 4.78 is 13.0. The van der Waals surface area contributed by atoms with Crippen LogP contribution in [0.3, 0.4) is 0 Å². The van der Waals surface area contributed by atoms with Crippen LogP contribution in [0.4, 0.5) is 5.95 Å². The summed E-state index contributed by atoms with van der Waals surface area (Å²) in [6, 6.07) is 5.64. The predicted molar refractivity (Wildman–Crippen MR) is 107 cm³/mol. The van der Waals surface area contributed by atoms with Crippen LogP contribution in [0.25, 0.3) is 11.2 Å². The van der Waals surface area contributed by atoms with Crippen LogP contribution in [0.5, 0.6) is 11.5 Å². The van der Waals surface area contributed by atoms with Crippen molar-refractivity contribution in [3.05, 3.63) is 57.3 Å². The minimum absolute atomic E-state index is 0.279. The van der Waals surface area contributed by atoms with Gasteiger partial charge in [0.05, 0.1) is 14.2 Å². The molecule has 0 fully saturated rings. The number of anilines is 1. The van der Waals surface area contributed by atoms with E-state index in [0.29, 0.717) is 36.2 Å². The summed E-state index contributed by atoms with van der Waals surface area (Å²) in [4.78, 5) is 34.0. The Kier molecular flexibility index (Phi) is 5.25. The first-order valence-electron chi connectivity index (χ1n) is 8.63. The Labute approximate surface area is 161 Å². The summed E-state index contributed by atoms with van der Waals surface area (Å²) >= 11 is 0. The summed E-state index contributed by atoms with van der Waals surface area (Å²) in [6.45, 7) is 4.77. The second kappa shape index (κ2) is 7.63. The Bertz CT molecular complexity index is 1140. The van der Waals surface area contributed by atoms with Crippen molar-refractivity contribution in [1.29, 1.82) is 0 Å². The van der Waals surface area contributed by atoms with Crippen molar-refractivity contribution in [1.82, 2.24) is 19.1 Å². The average molecular weight is 385 g/mol. The number of aromatic nitrogens is 4. The lowest BCUT2D eigenvalue weighted by molar-refractivity contribution is 0.354. The van der Waals surface area contributed by atoms with Crippen LogP contribution in [0.2, 0.25) is 0 Å². The maximum atomic E-state index is 12.4. The van der Waals surface area contributed by atoms with E-state index in [1.165, 1.54) is 11.6 Å². The standard InChI is InChI=1S/C19H23N5O4/c1-6-9-24(11-12-7-8-13(27-4)14(10-12)28-5)18-20-15-16(21-18)22(2)19(26)23(3)17(15)25/h6-8,10H,1,9,11H2,2-5H3,(H,20,21). The monoisotopic (exact) mass is 385 g/mol. The van der Waals surface area contributed by atoms with E-state index >= 15 is 0 Å². The highest BCUT2D eigenvalue weighted by Crippen LogP contribution is 2.28. The fraction of sp³-hybridized carbons (Fsp3) is 0.316. The molecule has 1 aromatic carbocycles. The number of methoxy groups -OCH3 is 2. The normalized spacial score (nSPS) is 10.9. The molecular formula is C19H23N5O4. The molecule has 0 atom stereocenters. The van der Waals surface area contributed by atoms with Crippen molar-refractivity contribution in [3.8, 4) is 11.5 Å².